The maximum Gasteiger partial charge on any atom is 0.416 e. The monoisotopic (exact) mass is 484 g/mol. The molecule has 4 rings (SSSR count). The minimum Gasteiger partial charge on any atom is -0.435 e. The molecule has 0 fully saturated rings. The number of amides is 1. The number of pyridine rings is 1. The van der Waals surface area contributed by atoms with E-state index in [0.29, 0.717) is 17.7 Å². The Hall–Kier alpha value is -4.34. The molecule has 0 bridgehead atoms. The zero-order chi connectivity index (χ0) is 25.2. The first kappa shape index (κ1) is 23.8. The van der Waals surface area contributed by atoms with Crippen LogP contribution < -0.4 is 16.2 Å². The van der Waals surface area contributed by atoms with E-state index < -0.39 is 23.3 Å². The van der Waals surface area contributed by atoms with Crippen LogP contribution in [0.2, 0.25) is 0 Å². The second-order valence-corrected chi connectivity index (χ2v) is 7.73. The zero-order valence-electron chi connectivity index (χ0n) is 18.2. The van der Waals surface area contributed by atoms with Crippen LogP contribution >= 0.6 is 0 Å². The molecule has 1 aliphatic heterocycles. The van der Waals surface area contributed by atoms with Gasteiger partial charge in [0.05, 0.1) is 5.56 Å². The van der Waals surface area contributed by atoms with Gasteiger partial charge in [-0.1, -0.05) is 24.3 Å². The van der Waals surface area contributed by atoms with Gasteiger partial charge in [-0.3, -0.25) is 4.79 Å². The van der Waals surface area contributed by atoms with Crippen molar-refractivity contribution in [2.75, 3.05) is 0 Å². The maximum absolute atomic E-state index is 14.3. The SMILES string of the molecule is N/C=C\C(=C/N)c1ccc(CN2Cc3ccnc(Oc4ccc(C(F)(F)F)cc4F)c3C2=O)cc1. The van der Waals surface area contributed by atoms with Gasteiger partial charge in [0.25, 0.3) is 5.91 Å². The fourth-order valence-corrected chi connectivity index (χ4v) is 3.72. The number of carbonyl (C=O) groups excluding carboxylic acids is 1. The minimum absolute atomic E-state index is 0.143. The van der Waals surface area contributed by atoms with Crippen LogP contribution in [0.5, 0.6) is 11.6 Å². The molecule has 2 aromatic carbocycles. The highest BCUT2D eigenvalue weighted by Crippen LogP contribution is 2.36. The van der Waals surface area contributed by atoms with Crippen LogP contribution in [0.1, 0.15) is 32.6 Å². The summed E-state index contributed by atoms with van der Waals surface area (Å²) in [5.74, 6) is -2.23. The number of benzene rings is 2. The number of hydrogen-bond donors (Lipinski definition) is 2. The molecule has 1 aliphatic rings. The smallest absolute Gasteiger partial charge is 0.416 e. The Morgan fingerprint density at radius 2 is 1.86 bits per heavy atom. The van der Waals surface area contributed by atoms with Crippen molar-refractivity contribution in [1.29, 1.82) is 0 Å². The topological polar surface area (TPSA) is 94.5 Å². The van der Waals surface area contributed by atoms with Gasteiger partial charge in [-0.05, 0) is 58.8 Å². The number of carbonyl (C=O) groups is 1. The number of nitrogens with zero attached hydrogens (tertiary/aromatic N) is 2. The van der Waals surface area contributed by atoms with Gasteiger partial charge < -0.3 is 21.1 Å². The van der Waals surface area contributed by atoms with E-state index in [9.17, 15) is 22.4 Å². The van der Waals surface area contributed by atoms with Gasteiger partial charge in [0.2, 0.25) is 5.88 Å². The van der Waals surface area contributed by atoms with Crippen LogP contribution in [0, 0.1) is 5.82 Å². The van der Waals surface area contributed by atoms with Crippen molar-refractivity contribution in [2.45, 2.75) is 19.3 Å². The van der Waals surface area contributed by atoms with Crippen LogP contribution in [-0.2, 0) is 19.3 Å². The molecule has 0 radical (unpaired) electrons. The van der Waals surface area contributed by atoms with Crippen molar-refractivity contribution in [1.82, 2.24) is 9.88 Å². The molecule has 2 heterocycles. The number of alkyl halides is 3. The van der Waals surface area contributed by atoms with Crippen LogP contribution in [0.25, 0.3) is 5.57 Å². The molecular weight excluding hydrogens is 464 g/mol. The maximum atomic E-state index is 14.3. The second kappa shape index (κ2) is 9.49. The molecule has 3 aromatic rings. The molecule has 1 amide bonds. The van der Waals surface area contributed by atoms with E-state index in [1.807, 2.05) is 24.3 Å². The summed E-state index contributed by atoms with van der Waals surface area (Å²) in [5, 5.41) is 0. The summed E-state index contributed by atoms with van der Waals surface area (Å²) in [6.07, 6.45) is 1.20. The fourth-order valence-electron chi connectivity index (χ4n) is 3.72. The van der Waals surface area contributed by atoms with Crippen molar-refractivity contribution in [3.63, 3.8) is 0 Å². The molecule has 180 valence electrons. The molecule has 4 N–H and O–H groups in total. The summed E-state index contributed by atoms with van der Waals surface area (Å²) in [6, 6.07) is 11.0. The van der Waals surface area contributed by atoms with E-state index in [4.69, 9.17) is 16.2 Å². The average molecular weight is 484 g/mol. The Balaban J connectivity index is 1.53. The largest absolute Gasteiger partial charge is 0.435 e. The molecule has 6 nitrogen and oxygen atoms in total. The van der Waals surface area contributed by atoms with E-state index in [1.54, 1.807) is 17.0 Å². The lowest BCUT2D eigenvalue weighted by Crippen LogP contribution is -2.23. The van der Waals surface area contributed by atoms with Crippen molar-refractivity contribution < 1.29 is 27.1 Å². The van der Waals surface area contributed by atoms with Gasteiger partial charge in [0.15, 0.2) is 11.6 Å². The summed E-state index contributed by atoms with van der Waals surface area (Å²) >= 11 is 0. The molecule has 0 unspecified atom stereocenters. The zero-order valence-corrected chi connectivity index (χ0v) is 18.2. The number of aromatic nitrogens is 1. The summed E-state index contributed by atoms with van der Waals surface area (Å²) in [6.45, 7) is 0.560. The molecule has 0 atom stereocenters. The first-order valence-corrected chi connectivity index (χ1v) is 10.4. The van der Waals surface area contributed by atoms with Gasteiger partial charge in [-0.2, -0.15) is 13.2 Å². The van der Waals surface area contributed by atoms with Gasteiger partial charge in [0.1, 0.15) is 5.56 Å². The van der Waals surface area contributed by atoms with E-state index in [0.717, 1.165) is 22.8 Å². The Bertz CT molecular complexity index is 1320. The predicted molar refractivity (Wildman–Crippen MR) is 121 cm³/mol. The highest BCUT2D eigenvalue weighted by Gasteiger charge is 2.33. The lowest BCUT2D eigenvalue weighted by molar-refractivity contribution is -0.137. The molecule has 1 aromatic heterocycles. The quantitative estimate of drug-likeness (QED) is 0.381. The summed E-state index contributed by atoms with van der Waals surface area (Å²) in [7, 11) is 0. The fraction of sp³-hybridized carbons (Fsp3) is 0.120. The number of halogens is 4. The Morgan fingerprint density at radius 3 is 2.49 bits per heavy atom. The Kier molecular flexibility index (Phi) is 6.46. The lowest BCUT2D eigenvalue weighted by atomic mass is 10.0. The van der Waals surface area contributed by atoms with Gasteiger partial charge in [-0.25, -0.2) is 9.37 Å². The molecule has 0 spiro atoms. The first-order valence-electron chi connectivity index (χ1n) is 10.4. The Labute approximate surface area is 198 Å². The molecule has 35 heavy (non-hydrogen) atoms. The third kappa shape index (κ3) is 4.96. The lowest BCUT2D eigenvalue weighted by Gasteiger charge is -2.16. The highest BCUT2D eigenvalue weighted by molar-refractivity contribution is 6.00. The van der Waals surface area contributed by atoms with Crippen LogP contribution in [0.15, 0.2) is 73.2 Å². The third-order valence-electron chi connectivity index (χ3n) is 5.45. The van der Waals surface area contributed by atoms with E-state index in [-0.39, 0.29) is 30.4 Å². The molecule has 0 aliphatic carbocycles. The average Bonchev–Trinajstić information content (AvgIpc) is 3.14. The molecule has 0 saturated heterocycles. The van der Waals surface area contributed by atoms with E-state index in [2.05, 4.69) is 4.98 Å². The summed E-state index contributed by atoms with van der Waals surface area (Å²) in [4.78, 5) is 18.7. The number of hydrogen-bond acceptors (Lipinski definition) is 5. The van der Waals surface area contributed by atoms with Gasteiger partial charge in [0, 0.05) is 25.5 Å². The molecular formula is C25H20F4N4O2. The number of ether oxygens (including phenoxy) is 1. The standard InChI is InChI=1S/C25H20F4N4O2/c26-20-11-19(25(27,28)29)5-6-21(20)35-23-22-18(8-10-32-23)14-33(24(22)34)13-15-1-3-16(4-2-15)17(12-31)7-9-30/h1-12H,13-14,30-31H2/b9-7-,17-12+. The normalized spacial score (nSPS) is 14.0. The van der Waals surface area contributed by atoms with Crippen LogP contribution in [0.3, 0.4) is 0 Å². The number of rotatable bonds is 6. The number of fused-ring (bicyclic) bond motifs is 1. The molecule has 10 heteroatoms. The summed E-state index contributed by atoms with van der Waals surface area (Å²) in [5.41, 5.74) is 13.1. The van der Waals surface area contributed by atoms with Crippen molar-refractivity contribution in [3.8, 4) is 11.6 Å². The van der Waals surface area contributed by atoms with Gasteiger partial charge >= 0.3 is 6.18 Å². The van der Waals surface area contributed by atoms with Crippen LogP contribution in [0.4, 0.5) is 17.6 Å². The molecule has 0 saturated carbocycles. The minimum atomic E-state index is -4.69. The Morgan fingerprint density at radius 1 is 1.11 bits per heavy atom. The van der Waals surface area contributed by atoms with Crippen LogP contribution in [-0.4, -0.2) is 15.8 Å². The van der Waals surface area contributed by atoms with E-state index >= 15 is 0 Å². The highest BCUT2D eigenvalue weighted by atomic mass is 19.4. The second-order valence-electron chi connectivity index (χ2n) is 7.73. The van der Waals surface area contributed by atoms with Crippen molar-refractivity contribution in [2.24, 2.45) is 11.5 Å². The predicted octanol–water partition coefficient (Wildman–Crippen LogP) is 4.96. The number of allylic oxidation sites excluding steroid dienone is 2. The van der Waals surface area contributed by atoms with Crippen molar-refractivity contribution in [3.05, 3.63) is 107 Å². The summed E-state index contributed by atoms with van der Waals surface area (Å²) < 4.78 is 58.1. The number of nitrogens with two attached hydrogens (primary N) is 2. The van der Waals surface area contributed by atoms with E-state index in [1.165, 1.54) is 18.6 Å². The first-order chi connectivity index (χ1) is 16.7. The van der Waals surface area contributed by atoms with Gasteiger partial charge in [-0.15, -0.1) is 0 Å². The third-order valence-corrected chi connectivity index (χ3v) is 5.45. The van der Waals surface area contributed by atoms with Crippen molar-refractivity contribution >= 4 is 11.5 Å².